The van der Waals surface area contributed by atoms with Gasteiger partial charge in [-0.3, -0.25) is 14.4 Å². The zero-order valence-corrected chi connectivity index (χ0v) is 15.3. The molecular formula is C19H26O6. The lowest BCUT2D eigenvalue weighted by atomic mass is 9.63. The number of rotatable bonds is 7. The predicted molar refractivity (Wildman–Crippen MR) is 92.5 cm³/mol. The summed E-state index contributed by atoms with van der Waals surface area (Å²) in [5, 5.41) is 10.6. The molecule has 0 saturated carbocycles. The van der Waals surface area contributed by atoms with Crippen molar-refractivity contribution in [3.63, 3.8) is 0 Å². The molecule has 1 N–H and O–H groups in total. The van der Waals surface area contributed by atoms with Crippen molar-refractivity contribution in [2.45, 2.75) is 39.7 Å². The second kappa shape index (κ2) is 7.78. The molecule has 0 heterocycles. The summed E-state index contributed by atoms with van der Waals surface area (Å²) in [6.07, 6.45) is 3.23. The SMILES string of the molecule is C=C[C@@]1(C)C(=O)C=C(C(C)(O)COC(C)=O)C[C@H]1C(=C)COC(C)=O. The van der Waals surface area contributed by atoms with Gasteiger partial charge in [-0.25, -0.2) is 0 Å². The van der Waals surface area contributed by atoms with Crippen molar-refractivity contribution in [3.8, 4) is 0 Å². The molecule has 0 aromatic rings. The molecule has 0 aliphatic heterocycles. The third-order valence-corrected chi connectivity index (χ3v) is 4.61. The molecule has 0 radical (unpaired) electrons. The van der Waals surface area contributed by atoms with Crippen LogP contribution in [0.1, 0.15) is 34.1 Å². The second-order valence-corrected chi connectivity index (χ2v) is 6.77. The van der Waals surface area contributed by atoms with Gasteiger partial charge in [-0.05, 0) is 37.5 Å². The third-order valence-electron chi connectivity index (χ3n) is 4.61. The van der Waals surface area contributed by atoms with E-state index in [4.69, 9.17) is 9.47 Å². The lowest BCUT2D eigenvalue weighted by molar-refractivity contribution is -0.146. The average molecular weight is 350 g/mol. The van der Waals surface area contributed by atoms with E-state index in [2.05, 4.69) is 13.2 Å². The quantitative estimate of drug-likeness (QED) is 0.559. The zero-order valence-electron chi connectivity index (χ0n) is 15.3. The molecule has 6 nitrogen and oxygen atoms in total. The van der Waals surface area contributed by atoms with Gasteiger partial charge in [-0.15, -0.1) is 6.58 Å². The van der Waals surface area contributed by atoms with Crippen LogP contribution in [0.4, 0.5) is 0 Å². The highest BCUT2D eigenvalue weighted by molar-refractivity contribution is 5.98. The second-order valence-electron chi connectivity index (χ2n) is 6.77. The van der Waals surface area contributed by atoms with E-state index in [1.165, 1.54) is 26.8 Å². The average Bonchev–Trinajstić information content (AvgIpc) is 2.52. The molecular weight excluding hydrogens is 324 g/mol. The van der Waals surface area contributed by atoms with E-state index in [0.717, 1.165) is 0 Å². The van der Waals surface area contributed by atoms with Crippen LogP contribution in [0.25, 0.3) is 0 Å². The molecule has 1 rings (SSSR count). The van der Waals surface area contributed by atoms with Gasteiger partial charge < -0.3 is 14.6 Å². The number of aliphatic hydroxyl groups is 1. The summed E-state index contributed by atoms with van der Waals surface area (Å²) in [5.74, 6) is -1.60. The van der Waals surface area contributed by atoms with Crippen LogP contribution in [0.2, 0.25) is 0 Å². The van der Waals surface area contributed by atoms with E-state index in [9.17, 15) is 19.5 Å². The lowest BCUT2D eigenvalue weighted by Crippen LogP contribution is -2.44. The number of carbonyl (C=O) groups is 3. The van der Waals surface area contributed by atoms with Crippen LogP contribution in [0.3, 0.4) is 0 Å². The smallest absolute Gasteiger partial charge is 0.302 e. The van der Waals surface area contributed by atoms with E-state index < -0.39 is 28.9 Å². The van der Waals surface area contributed by atoms with Gasteiger partial charge in [-0.1, -0.05) is 12.7 Å². The van der Waals surface area contributed by atoms with Crippen LogP contribution in [0.15, 0.2) is 36.5 Å². The van der Waals surface area contributed by atoms with Gasteiger partial charge >= 0.3 is 11.9 Å². The van der Waals surface area contributed by atoms with Crippen molar-refractivity contribution in [2.24, 2.45) is 11.3 Å². The highest BCUT2D eigenvalue weighted by atomic mass is 16.5. The highest BCUT2D eigenvalue weighted by Gasteiger charge is 2.45. The van der Waals surface area contributed by atoms with Crippen LogP contribution in [0.5, 0.6) is 0 Å². The minimum absolute atomic E-state index is 0.0178. The standard InChI is InChI=1S/C19H26O6/c1-7-18(5)16(12(2)10-24-13(3)20)8-15(9-17(18)22)19(6,23)11-25-14(4)21/h7,9,16,23H,1-2,8,10-11H2,3-6H3/t16-,18+,19?/m0/s1. The molecule has 0 aromatic heterocycles. The normalized spacial score (nSPS) is 25.4. The lowest BCUT2D eigenvalue weighted by Gasteiger charge is -2.41. The molecule has 0 spiro atoms. The van der Waals surface area contributed by atoms with Crippen LogP contribution in [0, 0.1) is 11.3 Å². The van der Waals surface area contributed by atoms with Gasteiger partial charge in [-0.2, -0.15) is 0 Å². The van der Waals surface area contributed by atoms with Gasteiger partial charge in [0.05, 0.1) is 5.41 Å². The molecule has 1 aliphatic rings. The summed E-state index contributed by atoms with van der Waals surface area (Å²) >= 11 is 0. The maximum Gasteiger partial charge on any atom is 0.302 e. The summed E-state index contributed by atoms with van der Waals surface area (Å²) in [4.78, 5) is 34.7. The maximum absolute atomic E-state index is 12.7. The molecule has 1 aliphatic carbocycles. The predicted octanol–water partition coefficient (Wildman–Crippen LogP) is 2.13. The fourth-order valence-electron chi connectivity index (χ4n) is 2.79. The van der Waals surface area contributed by atoms with Crippen LogP contribution < -0.4 is 0 Å². The largest absolute Gasteiger partial charge is 0.462 e. The Balaban J connectivity index is 3.13. The van der Waals surface area contributed by atoms with Crippen LogP contribution in [-0.2, 0) is 23.9 Å². The van der Waals surface area contributed by atoms with Crippen molar-refractivity contribution < 1.29 is 29.0 Å². The van der Waals surface area contributed by atoms with Gasteiger partial charge in [0, 0.05) is 19.8 Å². The summed E-state index contributed by atoms with van der Waals surface area (Å²) in [7, 11) is 0. The molecule has 0 fully saturated rings. The first-order valence-electron chi connectivity index (χ1n) is 8.00. The van der Waals surface area contributed by atoms with E-state index in [1.807, 2.05) is 0 Å². The summed E-state index contributed by atoms with van der Waals surface area (Å²) in [5.41, 5.74) is -1.41. The topological polar surface area (TPSA) is 89.9 Å². The number of allylic oxidation sites excluding steroid dienone is 2. The Kier molecular flexibility index (Phi) is 6.48. The molecule has 0 amide bonds. The Morgan fingerprint density at radius 1 is 1.40 bits per heavy atom. The highest BCUT2D eigenvalue weighted by Crippen LogP contribution is 2.45. The molecule has 0 bridgehead atoms. The Morgan fingerprint density at radius 2 is 1.96 bits per heavy atom. The first-order valence-corrected chi connectivity index (χ1v) is 8.00. The van der Waals surface area contributed by atoms with Gasteiger partial charge in [0.1, 0.15) is 18.8 Å². The number of hydrogen-bond donors (Lipinski definition) is 1. The number of ether oxygens (including phenoxy) is 2. The summed E-state index contributed by atoms with van der Waals surface area (Å²) in [6, 6.07) is 0. The number of esters is 2. The van der Waals surface area contributed by atoms with E-state index in [0.29, 0.717) is 17.6 Å². The van der Waals surface area contributed by atoms with Crippen molar-refractivity contribution in [1.82, 2.24) is 0 Å². The monoisotopic (exact) mass is 350 g/mol. The van der Waals surface area contributed by atoms with Gasteiger partial charge in [0.15, 0.2) is 5.78 Å². The Hall–Kier alpha value is -2.21. The minimum atomic E-state index is -1.48. The number of ketones is 1. The molecule has 25 heavy (non-hydrogen) atoms. The maximum atomic E-state index is 12.7. The van der Waals surface area contributed by atoms with Crippen molar-refractivity contribution in [1.29, 1.82) is 0 Å². The molecule has 0 saturated heterocycles. The number of hydrogen-bond acceptors (Lipinski definition) is 6. The number of carbonyl (C=O) groups excluding carboxylic acids is 3. The minimum Gasteiger partial charge on any atom is -0.462 e. The first kappa shape index (κ1) is 20.8. The molecule has 138 valence electrons. The van der Waals surface area contributed by atoms with E-state index in [-0.39, 0.29) is 19.0 Å². The van der Waals surface area contributed by atoms with Crippen LogP contribution >= 0.6 is 0 Å². The zero-order chi connectivity index (χ0) is 19.4. The Bertz CT molecular complexity index is 628. The molecule has 3 atom stereocenters. The van der Waals surface area contributed by atoms with Crippen LogP contribution in [-0.4, -0.2) is 41.6 Å². The Labute approximate surface area is 148 Å². The van der Waals surface area contributed by atoms with Crippen molar-refractivity contribution in [3.05, 3.63) is 36.5 Å². The fourth-order valence-corrected chi connectivity index (χ4v) is 2.79. The first-order chi connectivity index (χ1) is 11.4. The van der Waals surface area contributed by atoms with Gasteiger partial charge in [0.2, 0.25) is 0 Å². The van der Waals surface area contributed by atoms with Crippen molar-refractivity contribution in [2.75, 3.05) is 13.2 Å². The summed E-state index contributed by atoms with van der Waals surface area (Å²) in [6.45, 7) is 13.2. The molecule has 0 aromatic carbocycles. The third kappa shape index (κ3) is 4.89. The summed E-state index contributed by atoms with van der Waals surface area (Å²) < 4.78 is 9.89. The molecule has 1 unspecified atom stereocenters. The van der Waals surface area contributed by atoms with E-state index in [1.54, 1.807) is 13.0 Å². The van der Waals surface area contributed by atoms with Gasteiger partial charge in [0.25, 0.3) is 0 Å². The van der Waals surface area contributed by atoms with Crippen molar-refractivity contribution >= 4 is 17.7 Å². The van der Waals surface area contributed by atoms with E-state index >= 15 is 0 Å². The Morgan fingerprint density at radius 3 is 2.44 bits per heavy atom. The fraction of sp³-hybridized carbons (Fsp3) is 0.526. The molecule has 6 heteroatoms.